The van der Waals surface area contributed by atoms with Gasteiger partial charge in [0.05, 0.1) is 25.4 Å². The predicted octanol–water partition coefficient (Wildman–Crippen LogP) is 10.2. The van der Waals surface area contributed by atoms with Gasteiger partial charge in [-0.05, 0) is 36.4 Å². The molecule has 31 heavy (non-hydrogen) atoms. The van der Waals surface area contributed by atoms with E-state index in [0.29, 0.717) is 0 Å². The van der Waals surface area contributed by atoms with E-state index in [9.17, 15) is 0 Å². The highest BCUT2D eigenvalue weighted by molar-refractivity contribution is 8.42. The molecule has 0 N–H and O–H groups in total. The molecule has 0 bridgehead atoms. The summed E-state index contributed by atoms with van der Waals surface area (Å²) in [7, 11) is 0. The summed E-state index contributed by atoms with van der Waals surface area (Å²) < 4.78 is 8.97. The van der Waals surface area contributed by atoms with Crippen LogP contribution in [0.15, 0.2) is 49.7 Å². The van der Waals surface area contributed by atoms with E-state index in [-0.39, 0.29) is 0 Å². The lowest BCUT2D eigenvalue weighted by molar-refractivity contribution is 1.31. The second kappa shape index (κ2) is 10.4. The molecule has 2 aromatic heterocycles. The molecular formula is C21H16S10. The number of hydrogen-bond acceptors (Lipinski definition) is 10. The Bertz CT molecular complexity index is 1000. The van der Waals surface area contributed by atoms with Crippen molar-refractivity contribution in [1.82, 2.24) is 0 Å². The van der Waals surface area contributed by atoms with Crippen molar-refractivity contribution in [2.45, 2.75) is 6.42 Å². The summed E-state index contributed by atoms with van der Waals surface area (Å²) in [6, 6.07) is 9.20. The minimum atomic E-state index is 1.04. The van der Waals surface area contributed by atoms with Gasteiger partial charge < -0.3 is 0 Å². The third kappa shape index (κ3) is 5.54. The second-order valence-corrected chi connectivity index (χ2v) is 19.2. The fourth-order valence-electron chi connectivity index (χ4n) is 3.12. The van der Waals surface area contributed by atoms with Crippen LogP contribution >= 0.6 is 117 Å². The molecule has 4 aliphatic rings. The molecule has 0 atom stereocenters. The van der Waals surface area contributed by atoms with Gasteiger partial charge in [0.2, 0.25) is 0 Å². The van der Waals surface area contributed by atoms with Gasteiger partial charge in [-0.2, -0.15) is 0 Å². The van der Waals surface area contributed by atoms with Crippen LogP contribution in [0.2, 0.25) is 0 Å². The average molecular weight is 589 g/mol. The maximum Gasteiger partial charge on any atom is 0.0660 e. The molecule has 6 heterocycles. The standard InChI is InChI=1S/C21H16S10/c1-3-14(10-16-28-18-19(29-16)23-6-5-22-18)26-12(1)9-13-2-4-15(27-13)11-17-30-20-21(31-17)25-8-7-24-20/h1-4,10-11H,5-9H2. The Morgan fingerprint density at radius 2 is 0.935 bits per heavy atom. The summed E-state index contributed by atoms with van der Waals surface area (Å²) in [5.74, 6) is 5.00. The number of rotatable bonds is 4. The second-order valence-electron chi connectivity index (χ2n) is 6.66. The minimum Gasteiger partial charge on any atom is -0.141 e. The van der Waals surface area contributed by atoms with Gasteiger partial charge in [0.25, 0.3) is 0 Å². The fraction of sp³-hybridized carbons (Fsp3) is 0.238. The zero-order valence-corrected chi connectivity index (χ0v) is 24.2. The van der Waals surface area contributed by atoms with Crippen molar-refractivity contribution < 1.29 is 0 Å². The van der Waals surface area contributed by atoms with Gasteiger partial charge in [-0.1, -0.05) is 47.0 Å². The Morgan fingerprint density at radius 3 is 1.32 bits per heavy atom. The maximum absolute atomic E-state index is 2.38. The fourth-order valence-corrected chi connectivity index (χ4v) is 17.2. The van der Waals surface area contributed by atoms with Crippen LogP contribution in [0.1, 0.15) is 19.5 Å². The van der Waals surface area contributed by atoms with Gasteiger partial charge in [0.1, 0.15) is 0 Å². The van der Waals surface area contributed by atoms with Crippen LogP contribution in [0, 0.1) is 0 Å². The summed E-state index contributed by atoms with van der Waals surface area (Å²) >= 11 is 19.8. The molecule has 10 heteroatoms. The summed E-state index contributed by atoms with van der Waals surface area (Å²) in [5, 5.41) is 0. The Hall–Kier alpha value is 1.16. The van der Waals surface area contributed by atoms with Gasteiger partial charge in [0, 0.05) is 48.9 Å². The molecule has 4 aliphatic heterocycles. The quantitative estimate of drug-likeness (QED) is 0.341. The van der Waals surface area contributed by atoms with E-state index >= 15 is 0 Å². The highest BCUT2D eigenvalue weighted by Crippen LogP contribution is 2.60. The van der Waals surface area contributed by atoms with Crippen LogP contribution in [0.25, 0.3) is 12.2 Å². The van der Waals surface area contributed by atoms with E-state index in [2.05, 4.69) is 36.4 Å². The van der Waals surface area contributed by atoms with Crippen molar-refractivity contribution in [2.24, 2.45) is 0 Å². The number of hydrogen-bond donors (Lipinski definition) is 0. The Morgan fingerprint density at radius 1 is 0.548 bits per heavy atom. The van der Waals surface area contributed by atoms with Crippen LogP contribution in [-0.4, -0.2) is 23.0 Å². The first kappa shape index (κ1) is 22.6. The Balaban J connectivity index is 1.09. The molecule has 0 saturated carbocycles. The first-order chi connectivity index (χ1) is 15.3. The molecule has 0 aromatic carbocycles. The largest absolute Gasteiger partial charge is 0.141 e. The molecule has 0 aliphatic carbocycles. The van der Waals surface area contributed by atoms with Crippen LogP contribution in [0.5, 0.6) is 0 Å². The van der Waals surface area contributed by atoms with Gasteiger partial charge in [-0.15, -0.1) is 69.7 Å². The van der Waals surface area contributed by atoms with Gasteiger partial charge in [0.15, 0.2) is 0 Å². The van der Waals surface area contributed by atoms with E-state index in [1.807, 2.05) is 117 Å². The Kier molecular flexibility index (Phi) is 7.60. The molecule has 2 aromatic rings. The van der Waals surface area contributed by atoms with Crippen molar-refractivity contribution >= 4 is 129 Å². The minimum absolute atomic E-state index is 1.04. The SMILES string of the molecule is C(=C1SC2=C(SCCS2)S1)c1ccc(Cc2ccc(C=C3SC4=C(SCCS4)S3)s2)s1. The summed E-state index contributed by atoms with van der Waals surface area (Å²) in [5.41, 5.74) is 0. The van der Waals surface area contributed by atoms with Crippen molar-refractivity contribution in [3.8, 4) is 0 Å². The topological polar surface area (TPSA) is 0 Å². The number of thioether (sulfide) groups is 8. The maximum atomic E-state index is 2.38. The van der Waals surface area contributed by atoms with E-state index in [1.54, 1.807) is 0 Å². The van der Waals surface area contributed by atoms with Crippen LogP contribution in [-0.2, 0) is 6.42 Å². The first-order valence-corrected chi connectivity index (χ1v) is 18.4. The lowest BCUT2D eigenvalue weighted by Gasteiger charge is -2.08. The monoisotopic (exact) mass is 588 g/mol. The molecule has 0 amide bonds. The molecule has 6 rings (SSSR count). The predicted molar refractivity (Wildman–Crippen MR) is 162 cm³/mol. The summed E-state index contributed by atoms with van der Waals surface area (Å²) in [4.78, 5) is 5.67. The smallest absolute Gasteiger partial charge is 0.0660 e. The molecule has 0 saturated heterocycles. The third-order valence-corrected chi connectivity index (χ3v) is 17.8. The van der Waals surface area contributed by atoms with E-state index in [4.69, 9.17) is 0 Å². The van der Waals surface area contributed by atoms with Gasteiger partial charge >= 0.3 is 0 Å². The van der Waals surface area contributed by atoms with Crippen molar-refractivity contribution in [3.05, 3.63) is 69.2 Å². The molecular weight excluding hydrogens is 573 g/mol. The van der Waals surface area contributed by atoms with Crippen LogP contribution < -0.4 is 0 Å². The van der Waals surface area contributed by atoms with Crippen LogP contribution in [0.4, 0.5) is 0 Å². The molecule has 0 radical (unpaired) electrons. The van der Waals surface area contributed by atoms with E-state index in [0.717, 1.165) is 6.42 Å². The van der Waals surface area contributed by atoms with Gasteiger partial charge in [-0.3, -0.25) is 0 Å². The molecule has 0 fully saturated rings. The first-order valence-electron chi connectivity index (χ1n) is 9.60. The lowest BCUT2D eigenvalue weighted by Crippen LogP contribution is -1.88. The van der Waals surface area contributed by atoms with E-state index in [1.165, 1.54) is 67.9 Å². The zero-order chi connectivity index (χ0) is 20.6. The number of thiophene rings is 2. The van der Waals surface area contributed by atoms with Crippen molar-refractivity contribution in [2.75, 3.05) is 23.0 Å². The molecule has 160 valence electrons. The van der Waals surface area contributed by atoms with Crippen LogP contribution in [0.3, 0.4) is 0 Å². The average Bonchev–Trinajstić information content (AvgIpc) is 3.55. The summed E-state index contributed by atoms with van der Waals surface area (Å²) in [6.45, 7) is 0. The van der Waals surface area contributed by atoms with Crippen molar-refractivity contribution in [3.63, 3.8) is 0 Å². The molecule has 0 nitrogen and oxygen atoms in total. The highest BCUT2D eigenvalue weighted by Gasteiger charge is 2.26. The van der Waals surface area contributed by atoms with Gasteiger partial charge in [-0.25, -0.2) is 0 Å². The highest BCUT2D eigenvalue weighted by atomic mass is 32.3. The summed E-state index contributed by atoms with van der Waals surface area (Å²) in [6.07, 6.45) is 5.81. The zero-order valence-electron chi connectivity index (χ0n) is 16.1. The molecule has 0 spiro atoms. The third-order valence-electron chi connectivity index (χ3n) is 4.44. The normalized spacial score (nSPS) is 21.0. The Labute approximate surface area is 225 Å². The lowest BCUT2D eigenvalue weighted by atomic mass is 10.3. The van der Waals surface area contributed by atoms with E-state index < -0.39 is 0 Å². The van der Waals surface area contributed by atoms with Crippen molar-refractivity contribution in [1.29, 1.82) is 0 Å². The molecule has 0 unspecified atom stereocenters.